The van der Waals surface area contributed by atoms with Gasteiger partial charge in [0, 0.05) is 0 Å². The molecule has 1 aromatic carbocycles. The Morgan fingerprint density at radius 1 is 0.609 bits per heavy atom. The Labute approximate surface area is 132 Å². The van der Waals surface area contributed by atoms with E-state index in [0.717, 1.165) is 12.1 Å². The zero-order valence-electron chi connectivity index (χ0n) is 14.1. The van der Waals surface area contributed by atoms with Gasteiger partial charge in [0.25, 0.3) is 0 Å². The van der Waals surface area contributed by atoms with Crippen LogP contribution in [0.4, 0.5) is 26.3 Å². The molecule has 0 fully saturated rings. The molecule has 0 heterocycles. The number of rotatable bonds is 1. The van der Waals surface area contributed by atoms with Gasteiger partial charge in [-0.3, -0.25) is 0 Å². The first-order valence-corrected chi connectivity index (χ1v) is 7.23. The fourth-order valence-electron chi connectivity index (χ4n) is 3.44. The maximum atomic E-state index is 13.0. The Bertz CT molecular complexity index is 506. The molecule has 0 aliphatic carbocycles. The molecule has 0 aromatic heterocycles. The molecular formula is C17H22F6. The number of alkyl halides is 6. The van der Waals surface area contributed by atoms with Crippen molar-refractivity contribution in [2.24, 2.45) is 10.8 Å². The summed E-state index contributed by atoms with van der Waals surface area (Å²) in [4.78, 5) is 0. The topological polar surface area (TPSA) is 0 Å². The molecule has 23 heavy (non-hydrogen) atoms. The Balaban J connectivity index is 3.69. The summed E-state index contributed by atoms with van der Waals surface area (Å²) in [5, 5.41) is 0. The average molecular weight is 340 g/mol. The molecule has 0 nitrogen and oxygen atoms in total. The van der Waals surface area contributed by atoms with Gasteiger partial charge in [-0.1, -0.05) is 41.5 Å². The van der Waals surface area contributed by atoms with Crippen molar-refractivity contribution in [3.63, 3.8) is 0 Å². The van der Waals surface area contributed by atoms with Gasteiger partial charge in [-0.25, -0.2) is 0 Å². The lowest BCUT2D eigenvalue weighted by Crippen LogP contribution is -2.31. The fraction of sp³-hybridized carbons (Fsp3) is 0.647. The van der Waals surface area contributed by atoms with Crippen molar-refractivity contribution in [3.8, 4) is 0 Å². The quantitative estimate of drug-likeness (QED) is 0.488. The molecule has 0 radical (unpaired) electrons. The number of benzene rings is 1. The van der Waals surface area contributed by atoms with E-state index in [4.69, 9.17) is 0 Å². The maximum Gasteiger partial charge on any atom is 0.416 e. The average Bonchev–Trinajstić information content (AvgIpc) is 2.21. The summed E-state index contributed by atoms with van der Waals surface area (Å²) in [6.07, 6.45) is -9.65. The normalized spacial score (nSPS) is 14.5. The van der Waals surface area contributed by atoms with Crippen molar-refractivity contribution in [3.05, 3.63) is 34.9 Å². The van der Waals surface area contributed by atoms with Crippen LogP contribution in [0.2, 0.25) is 0 Å². The van der Waals surface area contributed by atoms with Gasteiger partial charge in [-0.15, -0.1) is 0 Å². The summed E-state index contributed by atoms with van der Waals surface area (Å²) < 4.78 is 78.2. The third kappa shape index (κ3) is 4.88. The van der Waals surface area contributed by atoms with E-state index in [2.05, 4.69) is 0 Å². The monoisotopic (exact) mass is 340 g/mol. The van der Waals surface area contributed by atoms with Crippen LogP contribution in [-0.2, 0) is 12.4 Å². The number of hydrogen-bond donors (Lipinski definition) is 0. The van der Waals surface area contributed by atoms with E-state index in [9.17, 15) is 26.3 Å². The van der Waals surface area contributed by atoms with Crippen LogP contribution < -0.4 is 0 Å². The van der Waals surface area contributed by atoms with Crippen molar-refractivity contribution in [1.29, 1.82) is 0 Å². The van der Waals surface area contributed by atoms with Gasteiger partial charge in [0.15, 0.2) is 0 Å². The molecule has 0 unspecified atom stereocenters. The molecule has 0 N–H and O–H groups in total. The van der Waals surface area contributed by atoms with Gasteiger partial charge in [0.1, 0.15) is 0 Å². The SMILES string of the molecule is CC(C)(C)C(c1cc(C(F)(F)F)cc(C(F)(F)F)c1)C(C)(C)C. The summed E-state index contributed by atoms with van der Waals surface area (Å²) in [5.41, 5.74) is -3.45. The summed E-state index contributed by atoms with van der Waals surface area (Å²) in [5.74, 6) is -0.474. The molecule has 1 rings (SSSR count). The molecule has 0 aliphatic heterocycles. The van der Waals surface area contributed by atoms with Gasteiger partial charge in [0.05, 0.1) is 11.1 Å². The van der Waals surface area contributed by atoms with Gasteiger partial charge in [-0.05, 0) is 40.5 Å². The van der Waals surface area contributed by atoms with Crippen molar-refractivity contribution in [1.82, 2.24) is 0 Å². The zero-order chi connectivity index (χ0) is 18.4. The summed E-state index contributed by atoms with van der Waals surface area (Å²) >= 11 is 0. The van der Waals surface area contributed by atoms with Crippen LogP contribution in [0.15, 0.2) is 18.2 Å². The molecule has 0 atom stereocenters. The highest BCUT2D eigenvalue weighted by Gasteiger charge is 2.41. The first-order valence-electron chi connectivity index (χ1n) is 7.23. The Kier molecular flexibility index (Phi) is 4.92. The smallest absolute Gasteiger partial charge is 0.166 e. The molecule has 0 aliphatic rings. The van der Waals surface area contributed by atoms with Gasteiger partial charge in [-0.2, -0.15) is 26.3 Å². The van der Waals surface area contributed by atoms with Crippen LogP contribution in [0.3, 0.4) is 0 Å². The van der Waals surface area contributed by atoms with E-state index in [1.54, 1.807) is 0 Å². The van der Waals surface area contributed by atoms with E-state index in [1.165, 1.54) is 0 Å². The predicted octanol–water partition coefficient (Wildman–Crippen LogP) is 6.90. The molecule has 132 valence electrons. The maximum absolute atomic E-state index is 13.0. The Morgan fingerprint density at radius 2 is 0.913 bits per heavy atom. The second-order valence-corrected chi connectivity index (χ2v) is 8.00. The summed E-state index contributed by atoms with van der Waals surface area (Å²) in [6.45, 7) is 10.9. The zero-order valence-corrected chi connectivity index (χ0v) is 14.1. The minimum Gasteiger partial charge on any atom is -0.166 e. The number of halogens is 6. The van der Waals surface area contributed by atoms with Crippen LogP contribution in [-0.4, -0.2) is 0 Å². The molecule has 0 saturated carbocycles. The van der Waals surface area contributed by atoms with Crippen molar-refractivity contribution < 1.29 is 26.3 Å². The van der Waals surface area contributed by atoms with Gasteiger partial charge >= 0.3 is 12.4 Å². The van der Waals surface area contributed by atoms with Crippen molar-refractivity contribution in [2.45, 2.75) is 59.8 Å². The Hall–Kier alpha value is -1.20. The molecule has 0 saturated heterocycles. The number of hydrogen-bond acceptors (Lipinski definition) is 0. The largest absolute Gasteiger partial charge is 0.416 e. The minimum atomic E-state index is -4.82. The third-order valence-corrected chi connectivity index (χ3v) is 3.68. The van der Waals surface area contributed by atoms with E-state index in [1.807, 2.05) is 41.5 Å². The molecular weight excluding hydrogens is 318 g/mol. The van der Waals surface area contributed by atoms with Crippen molar-refractivity contribution in [2.75, 3.05) is 0 Å². The standard InChI is InChI=1S/C17H22F6/c1-14(2,3)13(15(4,5)6)10-7-11(16(18,19)20)9-12(8-10)17(21,22)23/h7-9,13H,1-6H3. The second-order valence-electron chi connectivity index (χ2n) is 8.00. The van der Waals surface area contributed by atoms with Crippen LogP contribution in [0.1, 0.15) is 64.2 Å². The molecule has 1 aromatic rings. The lowest BCUT2D eigenvalue weighted by molar-refractivity contribution is -0.143. The van der Waals surface area contributed by atoms with Gasteiger partial charge < -0.3 is 0 Å². The van der Waals surface area contributed by atoms with E-state index in [0.29, 0.717) is 0 Å². The van der Waals surface area contributed by atoms with Crippen LogP contribution in [0.25, 0.3) is 0 Å². The summed E-state index contributed by atoms with van der Waals surface area (Å²) in [6, 6.07) is 1.86. The van der Waals surface area contributed by atoms with Crippen LogP contribution >= 0.6 is 0 Å². The molecule has 6 heteroatoms. The minimum absolute atomic E-state index is 0.0622. The fourth-order valence-corrected chi connectivity index (χ4v) is 3.44. The van der Waals surface area contributed by atoms with E-state index < -0.39 is 40.2 Å². The van der Waals surface area contributed by atoms with Gasteiger partial charge in [0.2, 0.25) is 0 Å². The van der Waals surface area contributed by atoms with Crippen LogP contribution in [0, 0.1) is 10.8 Å². The van der Waals surface area contributed by atoms with E-state index in [-0.39, 0.29) is 11.6 Å². The van der Waals surface area contributed by atoms with Crippen LogP contribution in [0.5, 0.6) is 0 Å². The lowest BCUT2D eigenvalue weighted by Gasteiger charge is -2.41. The predicted molar refractivity (Wildman–Crippen MR) is 78.1 cm³/mol. The molecule has 0 spiro atoms. The molecule has 0 amide bonds. The first kappa shape index (κ1) is 19.8. The molecule has 0 bridgehead atoms. The van der Waals surface area contributed by atoms with Crippen molar-refractivity contribution >= 4 is 0 Å². The highest BCUT2D eigenvalue weighted by molar-refractivity contribution is 5.37. The third-order valence-electron chi connectivity index (χ3n) is 3.68. The second kappa shape index (κ2) is 5.71. The first-order chi connectivity index (χ1) is 9.94. The highest BCUT2D eigenvalue weighted by atomic mass is 19.4. The summed E-state index contributed by atoms with van der Waals surface area (Å²) in [7, 11) is 0. The Morgan fingerprint density at radius 3 is 1.13 bits per heavy atom. The lowest BCUT2D eigenvalue weighted by atomic mass is 9.63. The highest BCUT2D eigenvalue weighted by Crippen LogP contribution is 2.49. The van der Waals surface area contributed by atoms with E-state index >= 15 is 0 Å².